The van der Waals surface area contributed by atoms with Crippen molar-refractivity contribution in [3.05, 3.63) is 27.7 Å². The van der Waals surface area contributed by atoms with Crippen molar-refractivity contribution in [1.82, 2.24) is 5.32 Å². The normalized spacial score (nSPS) is 16.4. The van der Waals surface area contributed by atoms with Crippen molar-refractivity contribution >= 4 is 39.1 Å². The molecule has 8 heteroatoms. The molecule has 1 aliphatic carbocycles. The number of rotatable bonds is 3. The Morgan fingerprint density at radius 1 is 1.25 bits per heavy atom. The fourth-order valence-corrected chi connectivity index (χ4v) is 3.76. The SMILES string of the molecule is NS(=O)(=O)c1ccc(Cl)c(C(=O)NC2CCCC2)c1Cl. The van der Waals surface area contributed by atoms with Crippen LogP contribution in [0.1, 0.15) is 36.0 Å². The first kappa shape index (κ1) is 15.6. The van der Waals surface area contributed by atoms with Gasteiger partial charge in [-0.2, -0.15) is 0 Å². The Kier molecular flexibility index (Phi) is 4.59. The van der Waals surface area contributed by atoms with Gasteiger partial charge in [-0.25, -0.2) is 13.6 Å². The van der Waals surface area contributed by atoms with E-state index in [0.29, 0.717) is 0 Å². The molecule has 2 rings (SSSR count). The second kappa shape index (κ2) is 5.89. The van der Waals surface area contributed by atoms with Crippen molar-refractivity contribution in [2.24, 2.45) is 5.14 Å². The second-order valence-corrected chi connectivity index (χ2v) is 7.05. The van der Waals surface area contributed by atoms with Crippen LogP contribution in [0.15, 0.2) is 17.0 Å². The summed E-state index contributed by atoms with van der Waals surface area (Å²) in [4.78, 5) is 11.9. The summed E-state index contributed by atoms with van der Waals surface area (Å²) in [6, 6.07) is 2.57. The Morgan fingerprint density at radius 2 is 1.85 bits per heavy atom. The van der Waals surface area contributed by atoms with Gasteiger partial charge in [0.25, 0.3) is 5.91 Å². The van der Waals surface area contributed by atoms with E-state index < -0.39 is 15.9 Å². The molecule has 20 heavy (non-hydrogen) atoms. The number of hydrogen-bond donors (Lipinski definition) is 2. The van der Waals surface area contributed by atoms with Crippen molar-refractivity contribution in [3.63, 3.8) is 0 Å². The first-order chi connectivity index (χ1) is 9.30. The molecule has 0 spiro atoms. The van der Waals surface area contributed by atoms with E-state index in [4.69, 9.17) is 28.3 Å². The van der Waals surface area contributed by atoms with E-state index in [2.05, 4.69) is 5.32 Å². The van der Waals surface area contributed by atoms with Crippen LogP contribution >= 0.6 is 23.2 Å². The summed E-state index contributed by atoms with van der Waals surface area (Å²) in [7, 11) is -4.00. The third-order valence-corrected chi connectivity index (χ3v) is 5.05. The minimum Gasteiger partial charge on any atom is -0.349 e. The van der Waals surface area contributed by atoms with Crippen LogP contribution in [-0.4, -0.2) is 20.4 Å². The molecule has 3 N–H and O–H groups in total. The van der Waals surface area contributed by atoms with Gasteiger partial charge in [0.2, 0.25) is 10.0 Å². The Labute approximate surface area is 127 Å². The summed E-state index contributed by atoms with van der Waals surface area (Å²) in [5.41, 5.74) is -0.0493. The Balaban J connectivity index is 2.37. The van der Waals surface area contributed by atoms with Crippen LogP contribution in [-0.2, 0) is 10.0 Å². The lowest BCUT2D eigenvalue weighted by atomic mass is 10.1. The number of sulfonamides is 1. The Morgan fingerprint density at radius 3 is 2.40 bits per heavy atom. The molecule has 0 aliphatic heterocycles. The summed E-state index contributed by atoms with van der Waals surface area (Å²) in [6.07, 6.45) is 3.92. The summed E-state index contributed by atoms with van der Waals surface area (Å²) >= 11 is 11.9. The van der Waals surface area contributed by atoms with E-state index in [1.165, 1.54) is 12.1 Å². The maximum Gasteiger partial charge on any atom is 0.254 e. The van der Waals surface area contributed by atoms with Gasteiger partial charge in [-0.3, -0.25) is 4.79 Å². The molecule has 110 valence electrons. The molecule has 0 heterocycles. The highest BCUT2D eigenvalue weighted by Gasteiger charge is 2.25. The van der Waals surface area contributed by atoms with E-state index in [9.17, 15) is 13.2 Å². The molecule has 1 aliphatic rings. The third kappa shape index (κ3) is 3.25. The maximum atomic E-state index is 12.2. The highest BCUT2D eigenvalue weighted by Crippen LogP contribution is 2.31. The number of primary sulfonamides is 1. The van der Waals surface area contributed by atoms with Gasteiger partial charge in [-0.15, -0.1) is 0 Å². The number of benzene rings is 1. The van der Waals surface area contributed by atoms with Gasteiger partial charge in [0.1, 0.15) is 4.90 Å². The lowest BCUT2D eigenvalue weighted by Gasteiger charge is -2.14. The molecular weight excluding hydrogens is 323 g/mol. The fraction of sp³-hybridized carbons (Fsp3) is 0.417. The molecular formula is C12H14Cl2N2O3S. The molecule has 0 saturated heterocycles. The molecule has 1 saturated carbocycles. The minimum absolute atomic E-state index is 0.0493. The quantitative estimate of drug-likeness (QED) is 0.887. The van der Waals surface area contributed by atoms with Gasteiger partial charge in [-0.05, 0) is 25.0 Å². The molecule has 0 bridgehead atoms. The predicted octanol–water partition coefficient (Wildman–Crippen LogP) is 2.31. The number of carbonyl (C=O) groups excluding carboxylic acids is 1. The smallest absolute Gasteiger partial charge is 0.254 e. The first-order valence-corrected chi connectivity index (χ1v) is 8.42. The van der Waals surface area contributed by atoms with Gasteiger partial charge in [0.15, 0.2) is 0 Å². The zero-order valence-electron chi connectivity index (χ0n) is 10.5. The summed E-state index contributed by atoms with van der Waals surface area (Å²) < 4.78 is 22.8. The van der Waals surface area contributed by atoms with E-state index in [-0.39, 0.29) is 26.5 Å². The van der Waals surface area contributed by atoms with Crippen LogP contribution in [0, 0.1) is 0 Å². The predicted molar refractivity (Wildman–Crippen MR) is 77.6 cm³/mol. The number of nitrogens with two attached hydrogens (primary N) is 1. The van der Waals surface area contributed by atoms with Crippen LogP contribution in [0.5, 0.6) is 0 Å². The molecule has 0 radical (unpaired) electrons. The molecule has 1 fully saturated rings. The molecule has 1 aromatic rings. The van der Waals surface area contributed by atoms with Crippen LogP contribution < -0.4 is 10.5 Å². The van der Waals surface area contributed by atoms with Crippen molar-refractivity contribution in [1.29, 1.82) is 0 Å². The third-order valence-electron chi connectivity index (χ3n) is 3.28. The van der Waals surface area contributed by atoms with Gasteiger partial charge < -0.3 is 5.32 Å². The lowest BCUT2D eigenvalue weighted by Crippen LogP contribution is -2.33. The number of nitrogens with one attached hydrogen (secondary N) is 1. The molecule has 1 amide bonds. The topological polar surface area (TPSA) is 89.3 Å². The van der Waals surface area contributed by atoms with Crippen molar-refractivity contribution < 1.29 is 13.2 Å². The second-order valence-electron chi connectivity index (χ2n) is 4.73. The Hall–Kier alpha value is -0.820. The van der Waals surface area contributed by atoms with Crippen molar-refractivity contribution in [2.75, 3.05) is 0 Å². The van der Waals surface area contributed by atoms with E-state index in [1.54, 1.807) is 0 Å². The lowest BCUT2D eigenvalue weighted by molar-refractivity contribution is 0.0938. The molecule has 0 unspecified atom stereocenters. The number of halogens is 2. The van der Waals surface area contributed by atoms with E-state index >= 15 is 0 Å². The highest BCUT2D eigenvalue weighted by atomic mass is 35.5. The standard InChI is InChI=1S/C12H14Cl2N2O3S/c13-8-5-6-9(20(15,18)19)11(14)10(8)12(17)16-7-3-1-2-4-7/h5-7H,1-4H2,(H,16,17)(H2,15,18,19). The van der Waals surface area contributed by atoms with Gasteiger partial charge in [-0.1, -0.05) is 36.0 Å². The molecule has 0 atom stereocenters. The number of carbonyl (C=O) groups is 1. The fourth-order valence-electron chi connectivity index (χ4n) is 2.29. The number of hydrogen-bond acceptors (Lipinski definition) is 3. The average molecular weight is 337 g/mol. The zero-order chi connectivity index (χ0) is 14.9. The summed E-state index contributed by atoms with van der Waals surface area (Å²) in [6.45, 7) is 0. The average Bonchev–Trinajstić information content (AvgIpc) is 2.79. The minimum atomic E-state index is -4.00. The molecule has 5 nitrogen and oxygen atoms in total. The van der Waals surface area contributed by atoms with Crippen LogP contribution in [0.4, 0.5) is 0 Å². The monoisotopic (exact) mass is 336 g/mol. The molecule has 1 aromatic carbocycles. The van der Waals surface area contributed by atoms with E-state index in [1.807, 2.05) is 0 Å². The first-order valence-electron chi connectivity index (χ1n) is 6.12. The zero-order valence-corrected chi connectivity index (χ0v) is 12.9. The Bertz CT molecular complexity index is 640. The summed E-state index contributed by atoms with van der Waals surface area (Å²) in [5, 5.41) is 7.72. The number of amides is 1. The molecule has 0 aromatic heterocycles. The van der Waals surface area contributed by atoms with Crippen LogP contribution in [0.2, 0.25) is 10.0 Å². The van der Waals surface area contributed by atoms with E-state index in [0.717, 1.165) is 25.7 Å². The van der Waals surface area contributed by atoms with Gasteiger partial charge >= 0.3 is 0 Å². The van der Waals surface area contributed by atoms with Gasteiger partial charge in [0, 0.05) is 6.04 Å². The van der Waals surface area contributed by atoms with Gasteiger partial charge in [0.05, 0.1) is 15.6 Å². The largest absolute Gasteiger partial charge is 0.349 e. The van der Waals surface area contributed by atoms with Crippen LogP contribution in [0.3, 0.4) is 0 Å². The van der Waals surface area contributed by atoms with Crippen molar-refractivity contribution in [3.8, 4) is 0 Å². The van der Waals surface area contributed by atoms with Crippen molar-refractivity contribution in [2.45, 2.75) is 36.6 Å². The summed E-state index contributed by atoms with van der Waals surface area (Å²) in [5.74, 6) is -0.475. The van der Waals surface area contributed by atoms with Crippen LogP contribution in [0.25, 0.3) is 0 Å². The highest BCUT2D eigenvalue weighted by molar-refractivity contribution is 7.89. The maximum absolute atomic E-state index is 12.2.